The van der Waals surface area contributed by atoms with Crippen LogP contribution in [0.25, 0.3) is 10.9 Å². The fourth-order valence-electron chi connectivity index (χ4n) is 1.87. The predicted molar refractivity (Wildman–Crippen MR) is 76.2 cm³/mol. The summed E-state index contributed by atoms with van der Waals surface area (Å²) in [6, 6.07) is 1.57. The normalized spacial score (nSPS) is 16.6. The number of pyridine rings is 1. The van der Waals surface area contributed by atoms with E-state index in [1.54, 1.807) is 6.07 Å². The lowest BCUT2D eigenvalue weighted by Gasteiger charge is -2.08. The number of rotatable bonds is 3. The molecule has 1 aliphatic carbocycles. The number of hydrogen-bond donors (Lipinski definition) is 2. The number of carbonyl (C=O) groups excluding carboxylic acids is 1. The summed E-state index contributed by atoms with van der Waals surface area (Å²) in [6.07, 6.45) is 8.57. The van der Waals surface area contributed by atoms with Crippen molar-refractivity contribution in [3.63, 3.8) is 0 Å². The Morgan fingerprint density at radius 1 is 1.55 bits per heavy atom. The molecule has 2 aromatic rings. The minimum Gasteiger partial charge on any atom is -0.371 e. The number of carbonyl (C=O) groups is 1. The van der Waals surface area contributed by atoms with E-state index in [1.165, 1.54) is 6.20 Å². The third-order valence-electron chi connectivity index (χ3n) is 3.10. The molecule has 0 atom stereocenters. The van der Waals surface area contributed by atoms with Gasteiger partial charge >= 0.3 is 0 Å². The summed E-state index contributed by atoms with van der Waals surface area (Å²) in [4.78, 5) is 15.8. The van der Waals surface area contributed by atoms with E-state index in [-0.39, 0.29) is 29.0 Å². The minimum absolute atomic E-state index is 0.0322. The highest BCUT2D eigenvalue weighted by atomic mass is 16.2. The smallest absolute Gasteiger partial charge is 0.228 e. The Kier molecular flexibility index (Phi) is 2.21. The molecule has 0 radical (unpaired) electrons. The molecule has 1 saturated carbocycles. The van der Waals surface area contributed by atoms with Crippen molar-refractivity contribution in [2.24, 2.45) is 5.92 Å². The number of amides is 1. The highest BCUT2D eigenvalue weighted by Gasteiger charge is 2.29. The molecule has 2 heterocycles. The Balaban J connectivity index is 2.02. The van der Waals surface area contributed by atoms with E-state index in [1.807, 2.05) is 0 Å². The van der Waals surface area contributed by atoms with Crippen molar-refractivity contribution in [1.29, 1.82) is 0 Å². The molecule has 6 heteroatoms. The van der Waals surface area contributed by atoms with Gasteiger partial charge in [-0.2, -0.15) is 0 Å². The van der Waals surface area contributed by atoms with E-state index in [2.05, 4.69) is 31.7 Å². The van der Waals surface area contributed by atoms with Crippen LogP contribution in [-0.4, -0.2) is 28.1 Å². The number of anilines is 2. The van der Waals surface area contributed by atoms with Crippen molar-refractivity contribution in [2.75, 3.05) is 17.6 Å². The van der Waals surface area contributed by atoms with Gasteiger partial charge in [0.1, 0.15) is 5.52 Å². The van der Waals surface area contributed by atoms with E-state index >= 15 is 0 Å². The zero-order valence-electron chi connectivity index (χ0n) is 13.5. The van der Waals surface area contributed by atoms with Crippen molar-refractivity contribution < 1.29 is 8.91 Å². The van der Waals surface area contributed by atoms with Gasteiger partial charge in [0.05, 0.1) is 5.56 Å². The molecule has 0 aromatic carbocycles. The average molecular weight is 270 g/mol. The molecule has 0 aliphatic heterocycles. The topological polar surface area (TPSA) is 79.8 Å². The van der Waals surface area contributed by atoms with Crippen LogP contribution in [-0.2, 0) is 4.79 Å². The molecule has 20 heavy (non-hydrogen) atoms. The summed E-state index contributed by atoms with van der Waals surface area (Å²) >= 11 is 0. The number of nitrogens with zero attached hydrogens (tertiary/aromatic N) is 3. The third-order valence-corrected chi connectivity index (χ3v) is 3.10. The first-order valence-corrected chi connectivity index (χ1v) is 6.09. The standard InChI is InChI=1S/C14H13N5O/c1-3-8-7-16-13(15-2)12-10(8)6-11(18-19-12)17-14(20)9-4-5-9/h1,6-7,9H,4-5H2,2H3,(H,15,16)(H,17,18,20)/i2D3. The fourth-order valence-corrected chi connectivity index (χ4v) is 1.87. The molecule has 0 saturated heterocycles. The van der Waals surface area contributed by atoms with Gasteiger partial charge < -0.3 is 10.6 Å². The molecule has 6 nitrogen and oxygen atoms in total. The van der Waals surface area contributed by atoms with Crippen molar-refractivity contribution in [3.8, 4) is 12.3 Å². The summed E-state index contributed by atoms with van der Waals surface area (Å²) in [6.45, 7) is -2.42. The van der Waals surface area contributed by atoms with Crippen molar-refractivity contribution in [2.45, 2.75) is 12.8 Å². The van der Waals surface area contributed by atoms with Gasteiger partial charge in [0.2, 0.25) is 5.91 Å². The summed E-state index contributed by atoms with van der Waals surface area (Å²) in [5, 5.41) is 13.4. The number of fused-ring (bicyclic) bond motifs is 1. The van der Waals surface area contributed by atoms with Gasteiger partial charge in [0.25, 0.3) is 0 Å². The third kappa shape index (κ3) is 2.14. The molecular formula is C14H13N5O. The molecular weight excluding hydrogens is 254 g/mol. The minimum atomic E-state index is -2.42. The van der Waals surface area contributed by atoms with Gasteiger partial charge in [0.15, 0.2) is 11.6 Å². The second kappa shape index (κ2) is 4.78. The molecule has 3 rings (SSSR count). The monoisotopic (exact) mass is 270 g/mol. The molecule has 0 spiro atoms. The average Bonchev–Trinajstić information content (AvgIpc) is 3.30. The lowest BCUT2D eigenvalue weighted by molar-refractivity contribution is -0.117. The predicted octanol–water partition coefficient (Wildman–Crippen LogP) is 1.40. The van der Waals surface area contributed by atoms with Crippen LogP contribution in [0.4, 0.5) is 11.6 Å². The van der Waals surface area contributed by atoms with Gasteiger partial charge in [-0.3, -0.25) is 4.79 Å². The van der Waals surface area contributed by atoms with E-state index < -0.39 is 6.98 Å². The SMILES string of the molecule is [2H]C([2H])([2H])Nc1ncc(C#C)c2cc(NC(=O)C3CC3)nnc12. The first kappa shape index (κ1) is 9.26. The molecule has 100 valence electrons. The van der Waals surface area contributed by atoms with E-state index in [0.29, 0.717) is 10.9 Å². The van der Waals surface area contributed by atoms with Crippen molar-refractivity contribution >= 4 is 28.4 Å². The maximum atomic E-state index is 11.8. The summed E-state index contributed by atoms with van der Waals surface area (Å²) in [7, 11) is 0. The zero-order chi connectivity index (χ0) is 16.6. The quantitative estimate of drug-likeness (QED) is 0.824. The maximum Gasteiger partial charge on any atom is 0.228 e. The first-order chi connectivity index (χ1) is 10.9. The Hall–Kier alpha value is -2.68. The summed E-state index contributed by atoms with van der Waals surface area (Å²) in [5.41, 5.74) is 0.675. The molecule has 1 fully saturated rings. The van der Waals surface area contributed by atoms with E-state index in [0.717, 1.165) is 12.8 Å². The second-order valence-corrected chi connectivity index (χ2v) is 4.55. The lowest BCUT2D eigenvalue weighted by atomic mass is 10.1. The number of aromatic nitrogens is 3. The number of terminal acetylenes is 1. The summed E-state index contributed by atoms with van der Waals surface area (Å²) in [5.74, 6) is 2.73. The Labute approximate surface area is 120 Å². The van der Waals surface area contributed by atoms with Crippen LogP contribution in [0.1, 0.15) is 22.5 Å². The Morgan fingerprint density at radius 3 is 3.10 bits per heavy atom. The zero-order valence-corrected chi connectivity index (χ0v) is 10.5. The van der Waals surface area contributed by atoms with Crippen LogP contribution >= 0.6 is 0 Å². The lowest BCUT2D eigenvalue weighted by Crippen LogP contribution is -2.15. The van der Waals surface area contributed by atoms with Crippen LogP contribution in [0.15, 0.2) is 12.3 Å². The molecule has 2 aromatic heterocycles. The largest absolute Gasteiger partial charge is 0.371 e. The van der Waals surface area contributed by atoms with E-state index in [4.69, 9.17) is 10.5 Å². The van der Waals surface area contributed by atoms with Gasteiger partial charge in [-0.1, -0.05) is 5.92 Å². The van der Waals surface area contributed by atoms with Gasteiger partial charge in [-0.25, -0.2) is 4.98 Å². The molecule has 0 unspecified atom stereocenters. The molecule has 2 N–H and O–H groups in total. The van der Waals surface area contributed by atoms with Crippen LogP contribution < -0.4 is 10.6 Å². The van der Waals surface area contributed by atoms with Crippen molar-refractivity contribution in [1.82, 2.24) is 15.2 Å². The molecule has 0 bridgehead atoms. The fraction of sp³-hybridized carbons (Fsp3) is 0.286. The first-order valence-electron chi connectivity index (χ1n) is 7.59. The van der Waals surface area contributed by atoms with Crippen LogP contribution in [0.5, 0.6) is 0 Å². The Bertz CT molecular complexity index is 823. The highest BCUT2D eigenvalue weighted by molar-refractivity contribution is 5.97. The Morgan fingerprint density at radius 2 is 2.40 bits per heavy atom. The summed E-state index contributed by atoms with van der Waals surface area (Å²) < 4.78 is 21.8. The molecule has 1 amide bonds. The number of hydrogen-bond acceptors (Lipinski definition) is 5. The van der Waals surface area contributed by atoms with Crippen LogP contribution in [0.3, 0.4) is 0 Å². The van der Waals surface area contributed by atoms with Crippen LogP contribution in [0.2, 0.25) is 0 Å². The van der Waals surface area contributed by atoms with Gasteiger partial charge in [-0.15, -0.1) is 16.6 Å². The maximum absolute atomic E-state index is 11.8. The van der Waals surface area contributed by atoms with E-state index in [9.17, 15) is 4.79 Å². The van der Waals surface area contributed by atoms with Gasteiger partial charge in [0, 0.05) is 28.6 Å². The number of nitrogens with one attached hydrogen (secondary N) is 2. The van der Waals surface area contributed by atoms with Crippen molar-refractivity contribution in [3.05, 3.63) is 17.8 Å². The highest BCUT2D eigenvalue weighted by Crippen LogP contribution is 2.30. The second-order valence-electron chi connectivity index (χ2n) is 4.55. The molecule has 1 aliphatic rings. The van der Waals surface area contributed by atoms with Crippen LogP contribution in [0, 0.1) is 18.3 Å². The van der Waals surface area contributed by atoms with Gasteiger partial charge in [-0.05, 0) is 18.9 Å².